The maximum absolute atomic E-state index is 9.99. The Balaban J connectivity index is 2.73. The second kappa shape index (κ2) is 2.07. The standard InChI is InChI=1S/C2H2N6O/c3-1(9)4-2-5-7-8-6-2/h(H2,3,9). The maximum Gasteiger partial charge on any atom is 0.341 e. The fraction of sp³-hybridized carbons (Fsp3) is 0. The maximum atomic E-state index is 9.99. The molecule has 0 unspecified atom stereocenters. The number of nitrogens with zero attached hydrogens (tertiary/aromatic N) is 5. The van der Waals surface area contributed by atoms with E-state index in [1.807, 2.05) is 0 Å². The Labute approximate surface area is 49.4 Å². The van der Waals surface area contributed by atoms with Crippen LogP contribution in [0, 0.1) is 0 Å². The lowest BCUT2D eigenvalue weighted by Gasteiger charge is -1.77. The molecule has 7 nitrogen and oxygen atoms in total. The molecule has 1 rings (SSSR count). The minimum absolute atomic E-state index is 0.109. The van der Waals surface area contributed by atoms with Crippen molar-refractivity contribution in [2.45, 2.75) is 0 Å². The highest BCUT2D eigenvalue weighted by atomic mass is 16.2. The molecule has 2 N–H and O–H groups in total. The topological polar surface area (TPSA) is 105 Å². The van der Waals surface area contributed by atoms with Gasteiger partial charge in [0, 0.05) is 0 Å². The largest absolute Gasteiger partial charge is 0.350 e. The Hall–Kier alpha value is -1.66. The first-order valence-corrected chi connectivity index (χ1v) is 1.99. The van der Waals surface area contributed by atoms with Crippen molar-refractivity contribution in [2.24, 2.45) is 31.4 Å². The molecule has 1 aliphatic rings. The van der Waals surface area contributed by atoms with Crippen LogP contribution in [0.25, 0.3) is 0 Å². The minimum atomic E-state index is -0.857. The summed E-state index contributed by atoms with van der Waals surface area (Å²) in [5, 5.41) is 12.6. The Bertz CT molecular complexity index is 199. The van der Waals surface area contributed by atoms with Gasteiger partial charge in [-0.05, 0) is 10.4 Å². The number of urea groups is 1. The Morgan fingerprint density at radius 1 is 1.44 bits per heavy atom. The van der Waals surface area contributed by atoms with Crippen molar-refractivity contribution in [3.05, 3.63) is 0 Å². The number of carbonyl (C=O) groups is 1. The van der Waals surface area contributed by atoms with Gasteiger partial charge in [0.15, 0.2) is 0 Å². The molecule has 0 atom stereocenters. The van der Waals surface area contributed by atoms with Gasteiger partial charge < -0.3 is 5.73 Å². The highest BCUT2D eigenvalue weighted by Gasteiger charge is 2.00. The summed E-state index contributed by atoms with van der Waals surface area (Å²) in [5.74, 6) is -0.109. The Morgan fingerprint density at radius 3 is 2.44 bits per heavy atom. The van der Waals surface area contributed by atoms with Crippen LogP contribution in [0.5, 0.6) is 0 Å². The normalized spacial score (nSPS) is 14.4. The first-order valence-electron chi connectivity index (χ1n) is 1.99. The van der Waals surface area contributed by atoms with Gasteiger partial charge in [-0.15, -0.1) is 0 Å². The van der Waals surface area contributed by atoms with Crippen molar-refractivity contribution < 1.29 is 4.79 Å². The molecule has 0 saturated carbocycles. The third-order valence-corrected chi connectivity index (χ3v) is 0.519. The first kappa shape index (κ1) is 5.48. The third kappa shape index (κ3) is 1.37. The van der Waals surface area contributed by atoms with Crippen LogP contribution in [0.4, 0.5) is 4.79 Å². The number of nitrogens with two attached hydrogens (primary N) is 1. The summed E-state index contributed by atoms with van der Waals surface area (Å²) in [6.45, 7) is 0. The molecular formula is C2H2N6O. The summed E-state index contributed by atoms with van der Waals surface area (Å²) in [4.78, 5) is 13.1. The van der Waals surface area contributed by atoms with Crippen LogP contribution in [-0.4, -0.2) is 12.0 Å². The predicted molar refractivity (Wildman–Crippen MR) is 26.7 cm³/mol. The molecule has 1 heterocycles. The summed E-state index contributed by atoms with van der Waals surface area (Å²) in [5.41, 5.74) is 4.64. The van der Waals surface area contributed by atoms with E-state index >= 15 is 0 Å². The molecule has 0 bridgehead atoms. The van der Waals surface area contributed by atoms with Gasteiger partial charge in [0.25, 0.3) is 5.96 Å². The highest BCUT2D eigenvalue weighted by molar-refractivity contribution is 5.92. The monoisotopic (exact) mass is 126 g/mol. The average molecular weight is 126 g/mol. The lowest BCUT2D eigenvalue weighted by Crippen LogP contribution is -2.05. The van der Waals surface area contributed by atoms with Crippen LogP contribution in [-0.2, 0) is 0 Å². The van der Waals surface area contributed by atoms with E-state index in [0.29, 0.717) is 0 Å². The van der Waals surface area contributed by atoms with Gasteiger partial charge in [0.2, 0.25) is 0 Å². The van der Waals surface area contributed by atoms with E-state index in [4.69, 9.17) is 0 Å². The van der Waals surface area contributed by atoms with Crippen molar-refractivity contribution in [3.8, 4) is 0 Å². The molecule has 0 radical (unpaired) electrons. The fourth-order valence-electron chi connectivity index (χ4n) is 0.283. The second-order valence-corrected chi connectivity index (χ2v) is 1.13. The van der Waals surface area contributed by atoms with E-state index in [1.165, 1.54) is 0 Å². The third-order valence-electron chi connectivity index (χ3n) is 0.519. The van der Waals surface area contributed by atoms with E-state index in [9.17, 15) is 4.79 Å². The summed E-state index contributed by atoms with van der Waals surface area (Å²) >= 11 is 0. The van der Waals surface area contributed by atoms with Gasteiger partial charge in [-0.1, -0.05) is 10.2 Å². The summed E-state index contributed by atoms with van der Waals surface area (Å²) < 4.78 is 0. The van der Waals surface area contributed by atoms with Crippen molar-refractivity contribution in [2.75, 3.05) is 0 Å². The van der Waals surface area contributed by atoms with Crippen molar-refractivity contribution in [3.63, 3.8) is 0 Å². The molecule has 7 heteroatoms. The van der Waals surface area contributed by atoms with Crippen LogP contribution in [0.1, 0.15) is 0 Å². The Kier molecular flexibility index (Phi) is 1.26. The number of aliphatic imine (C=N–C) groups is 1. The number of rotatable bonds is 0. The number of guanidine groups is 1. The van der Waals surface area contributed by atoms with Gasteiger partial charge in [-0.2, -0.15) is 4.99 Å². The minimum Gasteiger partial charge on any atom is -0.350 e. The van der Waals surface area contributed by atoms with Gasteiger partial charge in [0.05, 0.1) is 0 Å². The molecule has 0 spiro atoms. The Morgan fingerprint density at radius 2 is 2.00 bits per heavy atom. The lowest BCUT2D eigenvalue weighted by molar-refractivity contribution is 0.256. The van der Waals surface area contributed by atoms with E-state index in [2.05, 4.69) is 31.4 Å². The molecule has 46 valence electrons. The molecule has 2 amide bonds. The van der Waals surface area contributed by atoms with Gasteiger partial charge in [-0.3, -0.25) is 0 Å². The highest BCUT2D eigenvalue weighted by Crippen LogP contribution is 1.96. The number of amides is 2. The first-order chi connectivity index (χ1) is 4.29. The van der Waals surface area contributed by atoms with Crippen molar-refractivity contribution >= 4 is 12.0 Å². The van der Waals surface area contributed by atoms with E-state index < -0.39 is 6.03 Å². The van der Waals surface area contributed by atoms with Crippen LogP contribution >= 0.6 is 0 Å². The second-order valence-electron chi connectivity index (χ2n) is 1.13. The average Bonchev–Trinajstić information content (AvgIpc) is 2.15. The molecule has 0 aliphatic carbocycles. The van der Waals surface area contributed by atoms with Gasteiger partial charge in [-0.25, -0.2) is 4.79 Å². The van der Waals surface area contributed by atoms with Crippen molar-refractivity contribution in [1.29, 1.82) is 0 Å². The fourth-order valence-corrected chi connectivity index (χ4v) is 0.283. The predicted octanol–water partition coefficient (Wildman–Crippen LogP) is 0.254. The zero-order chi connectivity index (χ0) is 6.69. The molecule has 0 fully saturated rings. The van der Waals surface area contributed by atoms with Crippen molar-refractivity contribution in [1.82, 2.24) is 0 Å². The van der Waals surface area contributed by atoms with E-state index in [-0.39, 0.29) is 5.96 Å². The number of primary amides is 1. The number of hydrogen-bond acceptors (Lipinski definition) is 3. The van der Waals surface area contributed by atoms with Crippen LogP contribution in [0.2, 0.25) is 0 Å². The SMILES string of the molecule is NC(=O)N=C1N=NN=N1. The van der Waals surface area contributed by atoms with Crippen LogP contribution in [0.15, 0.2) is 25.7 Å². The summed E-state index contributed by atoms with van der Waals surface area (Å²) in [6, 6.07) is -0.857. The van der Waals surface area contributed by atoms with Gasteiger partial charge in [0.1, 0.15) is 0 Å². The molecule has 1 aliphatic heterocycles. The zero-order valence-corrected chi connectivity index (χ0v) is 4.22. The van der Waals surface area contributed by atoms with Gasteiger partial charge >= 0.3 is 6.03 Å². The van der Waals surface area contributed by atoms with E-state index in [0.717, 1.165) is 0 Å². The molecule has 0 aromatic carbocycles. The summed E-state index contributed by atoms with van der Waals surface area (Å²) in [7, 11) is 0. The summed E-state index contributed by atoms with van der Waals surface area (Å²) in [6.07, 6.45) is 0. The lowest BCUT2D eigenvalue weighted by atomic mass is 11.0. The number of hydrogen-bond donors (Lipinski definition) is 1. The molecule has 0 saturated heterocycles. The van der Waals surface area contributed by atoms with Crippen LogP contribution < -0.4 is 5.73 Å². The van der Waals surface area contributed by atoms with E-state index in [1.54, 1.807) is 0 Å². The zero-order valence-electron chi connectivity index (χ0n) is 4.22. The van der Waals surface area contributed by atoms with Crippen LogP contribution in [0.3, 0.4) is 0 Å². The molecule has 0 aromatic rings. The number of carbonyl (C=O) groups excluding carboxylic acids is 1. The quantitative estimate of drug-likeness (QED) is 0.493. The smallest absolute Gasteiger partial charge is 0.341 e. The molecular weight excluding hydrogens is 124 g/mol. The molecule has 9 heavy (non-hydrogen) atoms. The molecule has 0 aromatic heterocycles.